The lowest BCUT2D eigenvalue weighted by Gasteiger charge is -2.33. The van der Waals surface area contributed by atoms with Crippen molar-refractivity contribution in [2.75, 3.05) is 31.1 Å². The maximum atomic E-state index is 12.0. The lowest BCUT2D eigenvalue weighted by molar-refractivity contribution is -0.132. The molecule has 0 N–H and O–H groups in total. The van der Waals surface area contributed by atoms with E-state index in [0.29, 0.717) is 23.7 Å². The normalized spacial score (nSPS) is 20.2. The van der Waals surface area contributed by atoms with Gasteiger partial charge in [-0.1, -0.05) is 18.9 Å². The topological polar surface area (TPSA) is 62.5 Å². The van der Waals surface area contributed by atoms with Crippen molar-refractivity contribution in [2.24, 2.45) is 5.92 Å². The summed E-state index contributed by atoms with van der Waals surface area (Å²) in [6.45, 7) is 7.13. The van der Waals surface area contributed by atoms with E-state index >= 15 is 0 Å². The molecule has 0 radical (unpaired) electrons. The van der Waals surface area contributed by atoms with Crippen molar-refractivity contribution in [3.05, 3.63) is 5.89 Å². The average Bonchev–Trinajstić information content (AvgIpc) is 3.14. The van der Waals surface area contributed by atoms with Gasteiger partial charge in [0.1, 0.15) is 0 Å². The van der Waals surface area contributed by atoms with Crippen molar-refractivity contribution in [3.63, 3.8) is 0 Å². The highest BCUT2D eigenvalue weighted by Gasteiger charge is 2.35. The van der Waals surface area contributed by atoms with Crippen LogP contribution in [-0.2, 0) is 4.79 Å². The van der Waals surface area contributed by atoms with Crippen LogP contribution in [-0.4, -0.2) is 47.2 Å². The standard InChI is InChI=1S/C13H20N4O2/c1-9(2)11-14-15-13(19-11)17-7-5-16(6-8-17)12(18)10-3-4-10/h9-10H,3-8H2,1-2H3. The Morgan fingerprint density at radius 3 is 2.42 bits per heavy atom. The van der Waals surface area contributed by atoms with Gasteiger partial charge in [0.05, 0.1) is 0 Å². The first kappa shape index (κ1) is 12.4. The van der Waals surface area contributed by atoms with Crippen LogP contribution >= 0.6 is 0 Å². The third-order valence-corrected chi connectivity index (χ3v) is 3.71. The van der Waals surface area contributed by atoms with Gasteiger partial charge < -0.3 is 14.2 Å². The van der Waals surface area contributed by atoms with Crippen LogP contribution in [0.25, 0.3) is 0 Å². The number of anilines is 1. The molecule has 2 fully saturated rings. The van der Waals surface area contributed by atoms with Crippen molar-refractivity contribution in [1.82, 2.24) is 15.1 Å². The Morgan fingerprint density at radius 2 is 1.89 bits per heavy atom. The van der Waals surface area contributed by atoms with Gasteiger partial charge in [-0.05, 0) is 12.8 Å². The number of nitrogens with zero attached hydrogens (tertiary/aromatic N) is 4. The Kier molecular flexibility index (Phi) is 3.16. The van der Waals surface area contributed by atoms with Gasteiger partial charge in [-0.15, -0.1) is 5.10 Å². The fourth-order valence-corrected chi connectivity index (χ4v) is 2.29. The first-order valence-corrected chi connectivity index (χ1v) is 7.02. The van der Waals surface area contributed by atoms with Gasteiger partial charge in [0.15, 0.2) is 0 Å². The minimum Gasteiger partial charge on any atom is -0.408 e. The number of rotatable bonds is 3. The molecule has 0 bridgehead atoms. The molecule has 19 heavy (non-hydrogen) atoms. The summed E-state index contributed by atoms with van der Waals surface area (Å²) in [6.07, 6.45) is 2.14. The van der Waals surface area contributed by atoms with Crippen LogP contribution in [0.15, 0.2) is 4.42 Å². The number of piperazine rings is 1. The highest BCUT2D eigenvalue weighted by atomic mass is 16.4. The van der Waals surface area contributed by atoms with Crippen molar-refractivity contribution in [1.29, 1.82) is 0 Å². The molecule has 0 aromatic carbocycles. The fraction of sp³-hybridized carbons (Fsp3) is 0.769. The molecule has 1 saturated heterocycles. The summed E-state index contributed by atoms with van der Waals surface area (Å²) in [6, 6.07) is 0.585. The number of hydrogen-bond acceptors (Lipinski definition) is 5. The van der Waals surface area contributed by atoms with Crippen molar-refractivity contribution >= 4 is 11.9 Å². The van der Waals surface area contributed by atoms with E-state index in [1.165, 1.54) is 0 Å². The Labute approximate surface area is 112 Å². The van der Waals surface area contributed by atoms with E-state index in [9.17, 15) is 4.79 Å². The molecular weight excluding hydrogens is 244 g/mol. The molecule has 2 heterocycles. The Balaban J connectivity index is 1.58. The van der Waals surface area contributed by atoms with Crippen LogP contribution in [0.5, 0.6) is 0 Å². The first-order chi connectivity index (χ1) is 9.15. The van der Waals surface area contributed by atoms with E-state index in [1.54, 1.807) is 0 Å². The van der Waals surface area contributed by atoms with Crippen LogP contribution in [0.2, 0.25) is 0 Å². The van der Waals surface area contributed by atoms with E-state index in [4.69, 9.17) is 4.42 Å². The second kappa shape index (κ2) is 4.83. The predicted octanol–water partition coefficient (Wildman–Crippen LogP) is 1.25. The molecule has 104 valence electrons. The summed E-state index contributed by atoms with van der Waals surface area (Å²) in [4.78, 5) is 16.0. The average molecular weight is 264 g/mol. The van der Waals surface area contributed by atoms with E-state index in [-0.39, 0.29) is 5.92 Å². The third-order valence-electron chi connectivity index (χ3n) is 3.71. The van der Waals surface area contributed by atoms with Crippen molar-refractivity contribution < 1.29 is 9.21 Å². The molecule has 2 aliphatic rings. The quantitative estimate of drug-likeness (QED) is 0.822. The number of aromatic nitrogens is 2. The molecular formula is C13H20N4O2. The summed E-state index contributed by atoms with van der Waals surface area (Å²) in [5, 5.41) is 8.13. The van der Waals surface area contributed by atoms with Gasteiger partial charge >= 0.3 is 6.01 Å². The second-order valence-corrected chi connectivity index (χ2v) is 5.66. The summed E-state index contributed by atoms with van der Waals surface area (Å²) in [7, 11) is 0. The second-order valence-electron chi connectivity index (χ2n) is 5.66. The van der Waals surface area contributed by atoms with E-state index in [0.717, 1.165) is 39.0 Å². The zero-order valence-corrected chi connectivity index (χ0v) is 11.5. The smallest absolute Gasteiger partial charge is 0.318 e. The summed E-state index contributed by atoms with van der Waals surface area (Å²) >= 11 is 0. The number of carbonyl (C=O) groups is 1. The highest BCUT2D eigenvalue weighted by molar-refractivity contribution is 5.81. The maximum Gasteiger partial charge on any atom is 0.318 e. The Morgan fingerprint density at radius 1 is 1.21 bits per heavy atom. The van der Waals surface area contributed by atoms with Gasteiger partial charge in [0.2, 0.25) is 11.8 Å². The number of carbonyl (C=O) groups excluding carboxylic acids is 1. The zero-order chi connectivity index (χ0) is 13.4. The van der Waals surface area contributed by atoms with Crippen LogP contribution in [0.1, 0.15) is 38.5 Å². The molecule has 0 spiro atoms. The summed E-state index contributed by atoms with van der Waals surface area (Å²) in [5.74, 6) is 1.56. The summed E-state index contributed by atoms with van der Waals surface area (Å²) in [5.41, 5.74) is 0. The van der Waals surface area contributed by atoms with Gasteiger partial charge in [-0.3, -0.25) is 4.79 Å². The van der Waals surface area contributed by atoms with Gasteiger partial charge in [0.25, 0.3) is 0 Å². The van der Waals surface area contributed by atoms with Crippen LogP contribution in [0.3, 0.4) is 0 Å². The molecule has 6 heteroatoms. The molecule has 1 aromatic heterocycles. The minimum atomic E-state index is 0.249. The fourth-order valence-electron chi connectivity index (χ4n) is 2.29. The van der Waals surface area contributed by atoms with Crippen molar-refractivity contribution in [3.8, 4) is 0 Å². The largest absolute Gasteiger partial charge is 0.408 e. The molecule has 1 aromatic rings. The van der Waals surface area contributed by atoms with E-state index in [1.807, 2.05) is 18.7 Å². The molecule has 1 aliphatic heterocycles. The molecule has 0 atom stereocenters. The van der Waals surface area contributed by atoms with Crippen LogP contribution in [0.4, 0.5) is 6.01 Å². The molecule has 1 saturated carbocycles. The van der Waals surface area contributed by atoms with Gasteiger partial charge in [0, 0.05) is 38.0 Å². The molecule has 0 unspecified atom stereocenters. The minimum absolute atomic E-state index is 0.249. The monoisotopic (exact) mass is 264 g/mol. The molecule has 1 amide bonds. The Hall–Kier alpha value is -1.59. The van der Waals surface area contributed by atoms with Gasteiger partial charge in [-0.2, -0.15) is 0 Å². The van der Waals surface area contributed by atoms with Crippen molar-refractivity contribution in [2.45, 2.75) is 32.6 Å². The number of amides is 1. The molecule has 1 aliphatic carbocycles. The SMILES string of the molecule is CC(C)c1nnc(N2CCN(C(=O)C3CC3)CC2)o1. The summed E-state index contributed by atoms with van der Waals surface area (Å²) < 4.78 is 5.64. The predicted molar refractivity (Wildman–Crippen MR) is 69.9 cm³/mol. The van der Waals surface area contributed by atoms with Crippen LogP contribution < -0.4 is 4.90 Å². The maximum absolute atomic E-state index is 12.0. The third kappa shape index (κ3) is 2.57. The van der Waals surface area contributed by atoms with Gasteiger partial charge in [-0.25, -0.2) is 0 Å². The molecule has 6 nitrogen and oxygen atoms in total. The number of hydrogen-bond donors (Lipinski definition) is 0. The lowest BCUT2D eigenvalue weighted by atomic mass is 10.2. The van der Waals surface area contributed by atoms with E-state index < -0.39 is 0 Å². The Bertz CT molecular complexity index is 459. The zero-order valence-electron chi connectivity index (χ0n) is 11.5. The van der Waals surface area contributed by atoms with E-state index in [2.05, 4.69) is 15.1 Å². The molecule has 3 rings (SSSR count). The highest BCUT2D eigenvalue weighted by Crippen LogP contribution is 2.31. The lowest BCUT2D eigenvalue weighted by Crippen LogP contribution is -2.49. The first-order valence-electron chi connectivity index (χ1n) is 7.02. The van der Waals surface area contributed by atoms with Crippen LogP contribution in [0, 0.1) is 5.92 Å².